The number of imidazole rings is 1. The maximum absolute atomic E-state index is 4.51. The fraction of sp³-hybridized carbons (Fsp3) is 0.667. The van der Waals surface area contributed by atoms with E-state index in [1.807, 2.05) is 26.2 Å². The van der Waals surface area contributed by atoms with Gasteiger partial charge in [0.1, 0.15) is 17.5 Å². The maximum atomic E-state index is 4.51. The Morgan fingerprint density at radius 2 is 2.14 bits per heavy atom. The predicted molar refractivity (Wildman–Crippen MR) is 80.8 cm³/mol. The predicted octanol–water partition coefficient (Wildman–Crippen LogP) is 1.68. The molecule has 114 valence electrons. The summed E-state index contributed by atoms with van der Waals surface area (Å²) in [6.07, 6.45) is 7.69. The highest BCUT2D eigenvalue weighted by atomic mass is 15.4. The molecule has 3 heterocycles. The zero-order valence-electron chi connectivity index (χ0n) is 13.2. The fourth-order valence-corrected chi connectivity index (χ4v) is 3.14. The van der Waals surface area contributed by atoms with Crippen molar-refractivity contribution >= 4 is 0 Å². The SMILES string of the molecule is Cc1nc(C)n(CC2CCCCN2Cc2nccn2C)n1. The zero-order chi connectivity index (χ0) is 14.8. The van der Waals surface area contributed by atoms with E-state index in [4.69, 9.17) is 0 Å². The molecule has 0 radical (unpaired) electrons. The van der Waals surface area contributed by atoms with Crippen molar-refractivity contribution in [3.63, 3.8) is 0 Å². The number of rotatable bonds is 4. The van der Waals surface area contributed by atoms with Crippen molar-refractivity contribution in [3.05, 3.63) is 29.9 Å². The van der Waals surface area contributed by atoms with Crippen LogP contribution in [0.5, 0.6) is 0 Å². The van der Waals surface area contributed by atoms with Crippen LogP contribution >= 0.6 is 0 Å². The van der Waals surface area contributed by atoms with Crippen molar-refractivity contribution in [2.45, 2.75) is 52.2 Å². The first kappa shape index (κ1) is 14.3. The summed E-state index contributed by atoms with van der Waals surface area (Å²) in [5, 5.41) is 4.51. The van der Waals surface area contributed by atoms with Gasteiger partial charge in [0.15, 0.2) is 0 Å². The van der Waals surface area contributed by atoms with Crippen LogP contribution in [0.3, 0.4) is 0 Å². The van der Waals surface area contributed by atoms with Crippen molar-refractivity contribution in [1.29, 1.82) is 0 Å². The molecule has 3 rings (SSSR count). The molecular formula is C15H24N6. The van der Waals surface area contributed by atoms with Gasteiger partial charge in [-0.2, -0.15) is 5.10 Å². The van der Waals surface area contributed by atoms with Crippen LogP contribution < -0.4 is 0 Å². The van der Waals surface area contributed by atoms with Gasteiger partial charge in [0.25, 0.3) is 0 Å². The van der Waals surface area contributed by atoms with E-state index in [0.717, 1.165) is 37.1 Å². The summed E-state index contributed by atoms with van der Waals surface area (Å²) < 4.78 is 4.16. The van der Waals surface area contributed by atoms with Crippen LogP contribution in [0.25, 0.3) is 0 Å². The molecule has 6 heteroatoms. The van der Waals surface area contributed by atoms with E-state index >= 15 is 0 Å². The molecule has 1 unspecified atom stereocenters. The van der Waals surface area contributed by atoms with Crippen molar-refractivity contribution in [2.75, 3.05) is 6.54 Å². The monoisotopic (exact) mass is 288 g/mol. The summed E-state index contributed by atoms with van der Waals surface area (Å²) in [7, 11) is 2.06. The molecule has 21 heavy (non-hydrogen) atoms. The van der Waals surface area contributed by atoms with Gasteiger partial charge in [-0.05, 0) is 33.2 Å². The Labute approximate surface area is 125 Å². The van der Waals surface area contributed by atoms with E-state index < -0.39 is 0 Å². The number of aryl methyl sites for hydroxylation is 3. The van der Waals surface area contributed by atoms with Crippen molar-refractivity contribution < 1.29 is 0 Å². The van der Waals surface area contributed by atoms with Gasteiger partial charge >= 0.3 is 0 Å². The lowest BCUT2D eigenvalue weighted by Gasteiger charge is -2.35. The molecule has 1 atom stereocenters. The van der Waals surface area contributed by atoms with Gasteiger partial charge in [0.05, 0.1) is 13.1 Å². The number of nitrogens with zero attached hydrogens (tertiary/aromatic N) is 6. The lowest BCUT2D eigenvalue weighted by molar-refractivity contribution is 0.117. The summed E-state index contributed by atoms with van der Waals surface area (Å²) in [6, 6.07) is 0.523. The minimum atomic E-state index is 0.523. The van der Waals surface area contributed by atoms with Crippen LogP contribution in [0.2, 0.25) is 0 Å². The standard InChI is InChI=1S/C15H24N6/c1-12-17-13(2)21(18-12)10-14-6-4-5-8-20(14)11-15-16-7-9-19(15)3/h7,9,14H,4-6,8,10-11H2,1-3H3. The summed E-state index contributed by atoms with van der Waals surface area (Å²) in [6.45, 7) is 6.98. The Balaban J connectivity index is 1.72. The second kappa shape index (κ2) is 5.97. The summed E-state index contributed by atoms with van der Waals surface area (Å²) in [4.78, 5) is 11.4. The molecule has 2 aromatic heterocycles. The van der Waals surface area contributed by atoms with Gasteiger partial charge in [-0.25, -0.2) is 14.6 Å². The molecule has 0 spiro atoms. The van der Waals surface area contributed by atoms with Gasteiger partial charge in [-0.3, -0.25) is 4.90 Å². The largest absolute Gasteiger partial charge is 0.337 e. The summed E-state index contributed by atoms with van der Waals surface area (Å²) in [5.74, 6) is 3.00. The van der Waals surface area contributed by atoms with Crippen molar-refractivity contribution in [3.8, 4) is 0 Å². The van der Waals surface area contributed by atoms with Gasteiger partial charge < -0.3 is 4.57 Å². The van der Waals surface area contributed by atoms with Crippen LogP contribution in [0.4, 0.5) is 0 Å². The van der Waals surface area contributed by atoms with E-state index in [1.165, 1.54) is 19.3 Å². The van der Waals surface area contributed by atoms with Crippen LogP contribution in [-0.2, 0) is 20.1 Å². The molecule has 0 amide bonds. The van der Waals surface area contributed by atoms with Crippen LogP contribution in [0.1, 0.15) is 36.7 Å². The van der Waals surface area contributed by atoms with Gasteiger partial charge in [0, 0.05) is 25.5 Å². The quantitative estimate of drug-likeness (QED) is 0.859. The highest BCUT2D eigenvalue weighted by molar-refractivity contribution is 4.94. The smallest absolute Gasteiger partial charge is 0.147 e. The first-order valence-corrected chi connectivity index (χ1v) is 7.72. The summed E-state index contributed by atoms with van der Waals surface area (Å²) >= 11 is 0. The zero-order valence-corrected chi connectivity index (χ0v) is 13.2. The van der Waals surface area contributed by atoms with Gasteiger partial charge in [-0.15, -0.1) is 0 Å². The first-order valence-electron chi connectivity index (χ1n) is 7.72. The molecule has 1 fully saturated rings. The topological polar surface area (TPSA) is 51.8 Å². The number of aromatic nitrogens is 5. The van der Waals surface area contributed by atoms with Crippen LogP contribution in [-0.4, -0.2) is 41.8 Å². The molecule has 0 aliphatic carbocycles. The average molecular weight is 288 g/mol. The normalized spacial score (nSPS) is 20.0. The van der Waals surface area contributed by atoms with Crippen molar-refractivity contribution in [1.82, 2.24) is 29.2 Å². The lowest BCUT2D eigenvalue weighted by atomic mass is 10.0. The molecule has 1 saturated heterocycles. The van der Waals surface area contributed by atoms with E-state index in [0.29, 0.717) is 6.04 Å². The molecule has 0 N–H and O–H groups in total. The molecule has 0 aromatic carbocycles. The van der Waals surface area contributed by atoms with Crippen LogP contribution in [0.15, 0.2) is 12.4 Å². The van der Waals surface area contributed by atoms with E-state index in [-0.39, 0.29) is 0 Å². The Morgan fingerprint density at radius 3 is 2.81 bits per heavy atom. The Kier molecular flexibility index (Phi) is 4.05. The third-order valence-corrected chi connectivity index (χ3v) is 4.36. The maximum Gasteiger partial charge on any atom is 0.147 e. The Hall–Kier alpha value is -1.69. The number of hydrogen-bond donors (Lipinski definition) is 0. The number of likely N-dealkylation sites (tertiary alicyclic amines) is 1. The third kappa shape index (κ3) is 3.15. The minimum absolute atomic E-state index is 0.523. The Morgan fingerprint density at radius 1 is 1.29 bits per heavy atom. The Bertz CT molecular complexity index is 599. The second-order valence-corrected chi connectivity index (χ2v) is 5.96. The average Bonchev–Trinajstić information content (AvgIpc) is 2.99. The van der Waals surface area contributed by atoms with Crippen molar-refractivity contribution in [2.24, 2.45) is 7.05 Å². The molecular weight excluding hydrogens is 264 g/mol. The number of hydrogen-bond acceptors (Lipinski definition) is 4. The highest BCUT2D eigenvalue weighted by Crippen LogP contribution is 2.20. The van der Waals surface area contributed by atoms with E-state index in [1.54, 1.807) is 0 Å². The highest BCUT2D eigenvalue weighted by Gasteiger charge is 2.24. The molecule has 6 nitrogen and oxygen atoms in total. The van der Waals surface area contributed by atoms with Gasteiger partial charge in [0.2, 0.25) is 0 Å². The molecule has 0 bridgehead atoms. The third-order valence-electron chi connectivity index (χ3n) is 4.36. The summed E-state index contributed by atoms with van der Waals surface area (Å²) in [5.41, 5.74) is 0. The number of piperidine rings is 1. The van der Waals surface area contributed by atoms with Gasteiger partial charge in [-0.1, -0.05) is 6.42 Å². The van der Waals surface area contributed by atoms with E-state index in [2.05, 4.69) is 36.3 Å². The first-order chi connectivity index (χ1) is 10.1. The lowest BCUT2D eigenvalue weighted by Crippen LogP contribution is -2.42. The molecule has 1 aliphatic rings. The molecule has 0 saturated carbocycles. The van der Waals surface area contributed by atoms with Crippen LogP contribution in [0, 0.1) is 13.8 Å². The fourth-order valence-electron chi connectivity index (χ4n) is 3.14. The molecule has 1 aliphatic heterocycles. The van der Waals surface area contributed by atoms with E-state index in [9.17, 15) is 0 Å². The second-order valence-electron chi connectivity index (χ2n) is 5.96. The minimum Gasteiger partial charge on any atom is -0.337 e. The molecule has 2 aromatic rings.